The van der Waals surface area contributed by atoms with Crippen molar-refractivity contribution in [2.24, 2.45) is 0 Å². The summed E-state index contributed by atoms with van der Waals surface area (Å²) in [5.74, 6) is 0. The Bertz CT molecular complexity index is 370. The van der Waals surface area contributed by atoms with Crippen molar-refractivity contribution >= 4 is 0 Å². The zero-order chi connectivity index (χ0) is 13.2. The molecule has 102 valence electrons. The molecule has 18 heavy (non-hydrogen) atoms. The van der Waals surface area contributed by atoms with Crippen LogP contribution in [-0.2, 0) is 11.3 Å². The first-order valence-electron chi connectivity index (χ1n) is 6.78. The third-order valence-electron chi connectivity index (χ3n) is 3.62. The van der Waals surface area contributed by atoms with Crippen LogP contribution < -0.4 is 5.32 Å². The average Bonchev–Trinajstić information content (AvgIpc) is 2.79. The predicted molar refractivity (Wildman–Crippen MR) is 72.5 cm³/mol. The Balaban J connectivity index is 1.73. The Morgan fingerprint density at radius 3 is 2.72 bits per heavy atom. The van der Waals surface area contributed by atoms with E-state index in [4.69, 9.17) is 4.74 Å². The smallest absolute Gasteiger partial charge is 0.0945 e. The first-order chi connectivity index (χ1) is 8.39. The van der Waals surface area contributed by atoms with Gasteiger partial charge in [-0.3, -0.25) is 0 Å². The molecule has 1 aliphatic rings. The van der Waals surface area contributed by atoms with Gasteiger partial charge in [0.25, 0.3) is 0 Å². The SMILES string of the molecule is CC1(C)CC(NCCCn2ccnc2)C(C)(C)O1. The van der Waals surface area contributed by atoms with Crippen LogP contribution in [0.4, 0.5) is 0 Å². The fraction of sp³-hybridized carbons (Fsp3) is 0.786. The number of aromatic nitrogens is 2. The maximum Gasteiger partial charge on any atom is 0.0945 e. The van der Waals surface area contributed by atoms with Crippen LogP contribution in [-0.4, -0.2) is 33.3 Å². The van der Waals surface area contributed by atoms with E-state index in [1.165, 1.54) is 0 Å². The zero-order valence-electron chi connectivity index (χ0n) is 11.9. The molecule has 0 saturated carbocycles. The lowest BCUT2D eigenvalue weighted by atomic mass is 9.94. The van der Waals surface area contributed by atoms with Gasteiger partial charge >= 0.3 is 0 Å². The molecule has 0 spiro atoms. The molecule has 0 bridgehead atoms. The number of nitrogens with one attached hydrogen (secondary N) is 1. The predicted octanol–water partition coefficient (Wildman–Crippen LogP) is 2.21. The molecular weight excluding hydrogens is 226 g/mol. The van der Waals surface area contributed by atoms with E-state index in [-0.39, 0.29) is 11.2 Å². The van der Waals surface area contributed by atoms with E-state index in [2.05, 4.69) is 42.6 Å². The van der Waals surface area contributed by atoms with Crippen molar-refractivity contribution in [1.82, 2.24) is 14.9 Å². The highest BCUT2D eigenvalue weighted by atomic mass is 16.5. The van der Waals surface area contributed by atoms with Crippen LogP contribution in [0, 0.1) is 0 Å². The summed E-state index contributed by atoms with van der Waals surface area (Å²) < 4.78 is 8.19. The second-order valence-electron chi connectivity index (χ2n) is 6.33. The summed E-state index contributed by atoms with van der Waals surface area (Å²) in [5.41, 5.74) is -0.0793. The van der Waals surface area contributed by atoms with Crippen LogP contribution in [0.5, 0.6) is 0 Å². The number of aryl methyl sites for hydroxylation is 1. The first-order valence-corrected chi connectivity index (χ1v) is 6.78. The van der Waals surface area contributed by atoms with Gasteiger partial charge in [-0.15, -0.1) is 0 Å². The summed E-state index contributed by atoms with van der Waals surface area (Å²) in [6.07, 6.45) is 7.88. The fourth-order valence-corrected chi connectivity index (χ4v) is 2.84. The second-order valence-corrected chi connectivity index (χ2v) is 6.33. The molecule has 1 unspecified atom stereocenters. The standard InChI is InChI=1S/C14H25N3O/c1-13(2)10-12(14(3,4)18-13)16-6-5-8-17-9-7-15-11-17/h7,9,11-12,16H,5-6,8,10H2,1-4H3. The van der Waals surface area contributed by atoms with E-state index >= 15 is 0 Å². The summed E-state index contributed by atoms with van der Waals surface area (Å²) in [6, 6.07) is 0.440. The fourth-order valence-electron chi connectivity index (χ4n) is 2.84. The Morgan fingerprint density at radius 2 is 2.17 bits per heavy atom. The molecule has 2 rings (SSSR count). The summed E-state index contributed by atoms with van der Waals surface area (Å²) in [7, 11) is 0. The molecule has 0 radical (unpaired) electrons. The molecule has 1 aliphatic heterocycles. The van der Waals surface area contributed by atoms with Crippen LogP contribution in [0.25, 0.3) is 0 Å². The van der Waals surface area contributed by atoms with Gasteiger partial charge in [0.2, 0.25) is 0 Å². The lowest BCUT2D eigenvalue weighted by Gasteiger charge is -2.27. The molecule has 1 atom stereocenters. The number of ether oxygens (including phenoxy) is 1. The Kier molecular flexibility index (Phi) is 3.78. The van der Waals surface area contributed by atoms with Gasteiger partial charge in [0.1, 0.15) is 0 Å². The molecule has 2 heterocycles. The van der Waals surface area contributed by atoms with Gasteiger partial charge in [-0.2, -0.15) is 0 Å². The molecule has 1 fully saturated rings. The van der Waals surface area contributed by atoms with Gasteiger partial charge in [0.05, 0.1) is 17.5 Å². The third-order valence-corrected chi connectivity index (χ3v) is 3.62. The lowest BCUT2D eigenvalue weighted by molar-refractivity contribution is -0.0697. The first kappa shape index (κ1) is 13.6. The van der Waals surface area contributed by atoms with Gasteiger partial charge in [0.15, 0.2) is 0 Å². The Hall–Kier alpha value is -0.870. The molecule has 1 aromatic heterocycles. The van der Waals surface area contributed by atoms with Crippen LogP contribution in [0.2, 0.25) is 0 Å². The average molecular weight is 251 g/mol. The highest BCUT2D eigenvalue weighted by Gasteiger charge is 2.45. The normalized spacial score (nSPS) is 25.4. The molecule has 4 nitrogen and oxygen atoms in total. The van der Waals surface area contributed by atoms with E-state index in [0.717, 1.165) is 25.9 Å². The minimum absolute atomic E-state index is 0.00842. The van der Waals surface area contributed by atoms with Crippen LogP contribution in [0.15, 0.2) is 18.7 Å². The maximum absolute atomic E-state index is 6.07. The molecule has 4 heteroatoms. The third kappa shape index (κ3) is 3.33. The van der Waals surface area contributed by atoms with Crippen molar-refractivity contribution in [3.05, 3.63) is 18.7 Å². The Morgan fingerprint density at radius 1 is 1.39 bits per heavy atom. The van der Waals surface area contributed by atoms with Crippen LogP contribution in [0.1, 0.15) is 40.5 Å². The van der Waals surface area contributed by atoms with Crippen molar-refractivity contribution in [3.8, 4) is 0 Å². The monoisotopic (exact) mass is 251 g/mol. The van der Waals surface area contributed by atoms with Crippen molar-refractivity contribution in [2.45, 2.75) is 64.3 Å². The summed E-state index contributed by atoms with van der Waals surface area (Å²) in [5, 5.41) is 3.63. The summed E-state index contributed by atoms with van der Waals surface area (Å²) in [4.78, 5) is 4.04. The highest BCUT2D eigenvalue weighted by molar-refractivity contribution is 4.98. The quantitative estimate of drug-likeness (QED) is 0.816. The number of hydrogen-bond donors (Lipinski definition) is 1. The topological polar surface area (TPSA) is 39.1 Å². The van der Waals surface area contributed by atoms with Gasteiger partial charge < -0.3 is 14.6 Å². The Labute approximate surface area is 110 Å². The second kappa shape index (κ2) is 5.02. The highest BCUT2D eigenvalue weighted by Crippen LogP contribution is 2.37. The van der Waals surface area contributed by atoms with E-state index in [1.807, 2.05) is 18.7 Å². The van der Waals surface area contributed by atoms with Gasteiger partial charge in [-0.25, -0.2) is 4.98 Å². The number of rotatable bonds is 5. The minimum Gasteiger partial charge on any atom is -0.368 e. The van der Waals surface area contributed by atoms with Crippen molar-refractivity contribution < 1.29 is 4.74 Å². The van der Waals surface area contributed by atoms with Crippen molar-refractivity contribution in [2.75, 3.05) is 6.54 Å². The van der Waals surface area contributed by atoms with Crippen LogP contribution in [0.3, 0.4) is 0 Å². The van der Waals surface area contributed by atoms with E-state index < -0.39 is 0 Å². The van der Waals surface area contributed by atoms with E-state index in [1.54, 1.807) is 0 Å². The van der Waals surface area contributed by atoms with Gasteiger partial charge in [-0.1, -0.05) is 0 Å². The zero-order valence-corrected chi connectivity index (χ0v) is 11.9. The maximum atomic E-state index is 6.07. The van der Waals surface area contributed by atoms with E-state index in [9.17, 15) is 0 Å². The molecule has 0 amide bonds. The van der Waals surface area contributed by atoms with Gasteiger partial charge in [-0.05, 0) is 47.1 Å². The number of imidazole rings is 1. The van der Waals surface area contributed by atoms with Gasteiger partial charge in [0, 0.05) is 25.0 Å². The minimum atomic E-state index is -0.0709. The number of hydrogen-bond acceptors (Lipinski definition) is 3. The number of nitrogens with zero attached hydrogens (tertiary/aromatic N) is 2. The van der Waals surface area contributed by atoms with Crippen LogP contribution >= 0.6 is 0 Å². The van der Waals surface area contributed by atoms with Crippen molar-refractivity contribution in [1.29, 1.82) is 0 Å². The van der Waals surface area contributed by atoms with E-state index in [0.29, 0.717) is 6.04 Å². The largest absolute Gasteiger partial charge is 0.368 e. The molecule has 0 aliphatic carbocycles. The lowest BCUT2D eigenvalue weighted by Crippen LogP contribution is -2.43. The molecule has 1 N–H and O–H groups in total. The summed E-state index contributed by atoms with van der Waals surface area (Å²) in [6.45, 7) is 10.7. The molecule has 1 aromatic rings. The molecule has 1 saturated heterocycles. The molecule has 0 aromatic carbocycles. The molecular formula is C14H25N3O. The summed E-state index contributed by atoms with van der Waals surface area (Å²) >= 11 is 0. The van der Waals surface area contributed by atoms with Crippen molar-refractivity contribution in [3.63, 3.8) is 0 Å².